The van der Waals surface area contributed by atoms with E-state index >= 15 is 0 Å². The fourth-order valence-electron chi connectivity index (χ4n) is 2.76. The standard InChI is InChI=1S/C16H20N4O/c1-11-13(10-20(2)19-11)9-17-15-8-7-12-5-3-4-6-14(12)18-16(15)21/h3-6,10,15,17H,7-9H2,1-2H3,(H,18,21). The van der Waals surface area contributed by atoms with Gasteiger partial charge in [-0.05, 0) is 31.4 Å². The Morgan fingerprint density at radius 2 is 2.24 bits per heavy atom. The van der Waals surface area contributed by atoms with E-state index in [0.717, 1.165) is 29.8 Å². The van der Waals surface area contributed by atoms with Gasteiger partial charge in [-0.3, -0.25) is 9.48 Å². The lowest BCUT2D eigenvalue weighted by Gasteiger charge is -2.14. The highest BCUT2D eigenvalue weighted by Gasteiger charge is 2.23. The molecule has 21 heavy (non-hydrogen) atoms. The third-order valence-corrected chi connectivity index (χ3v) is 3.95. The van der Waals surface area contributed by atoms with Crippen molar-refractivity contribution in [3.8, 4) is 0 Å². The molecule has 0 spiro atoms. The third-order valence-electron chi connectivity index (χ3n) is 3.95. The molecule has 3 rings (SSSR count). The molecule has 2 heterocycles. The van der Waals surface area contributed by atoms with Gasteiger partial charge in [-0.25, -0.2) is 0 Å². The van der Waals surface area contributed by atoms with Crippen LogP contribution in [0.1, 0.15) is 23.2 Å². The SMILES string of the molecule is Cc1nn(C)cc1CNC1CCc2ccccc2NC1=O. The predicted octanol–water partition coefficient (Wildman–Crippen LogP) is 1.77. The summed E-state index contributed by atoms with van der Waals surface area (Å²) in [7, 11) is 1.91. The zero-order valence-electron chi connectivity index (χ0n) is 12.4. The van der Waals surface area contributed by atoms with E-state index in [4.69, 9.17) is 0 Å². The molecule has 0 fully saturated rings. The van der Waals surface area contributed by atoms with Crippen LogP contribution in [0.4, 0.5) is 5.69 Å². The molecule has 1 aliphatic rings. The molecular weight excluding hydrogens is 264 g/mol. The number of benzene rings is 1. The van der Waals surface area contributed by atoms with Crippen LogP contribution in [0.3, 0.4) is 0 Å². The van der Waals surface area contributed by atoms with Crippen LogP contribution in [0, 0.1) is 6.92 Å². The van der Waals surface area contributed by atoms with Gasteiger partial charge >= 0.3 is 0 Å². The van der Waals surface area contributed by atoms with Gasteiger partial charge in [0.05, 0.1) is 11.7 Å². The second-order valence-corrected chi connectivity index (χ2v) is 5.53. The minimum absolute atomic E-state index is 0.0430. The van der Waals surface area contributed by atoms with Crippen LogP contribution in [-0.2, 0) is 24.8 Å². The number of rotatable bonds is 3. The van der Waals surface area contributed by atoms with Crippen molar-refractivity contribution >= 4 is 11.6 Å². The summed E-state index contributed by atoms with van der Waals surface area (Å²) in [6.07, 6.45) is 3.70. The van der Waals surface area contributed by atoms with Gasteiger partial charge in [-0.1, -0.05) is 18.2 Å². The lowest BCUT2D eigenvalue weighted by atomic mass is 10.1. The van der Waals surface area contributed by atoms with Gasteiger partial charge in [0, 0.05) is 31.0 Å². The Balaban J connectivity index is 1.67. The van der Waals surface area contributed by atoms with E-state index in [-0.39, 0.29) is 11.9 Å². The summed E-state index contributed by atoms with van der Waals surface area (Å²) in [6.45, 7) is 2.65. The molecule has 1 unspecified atom stereocenters. The lowest BCUT2D eigenvalue weighted by Crippen LogP contribution is -2.39. The number of carbonyl (C=O) groups is 1. The monoisotopic (exact) mass is 284 g/mol. The molecule has 1 aromatic heterocycles. The van der Waals surface area contributed by atoms with Gasteiger partial charge in [0.25, 0.3) is 0 Å². The van der Waals surface area contributed by atoms with E-state index in [1.807, 2.05) is 38.4 Å². The van der Waals surface area contributed by atoms with Crippen LogP contribution < -0.4 is 10.6 Å². The van der Waals surface area contributed by atoms with Crippen molar-refractivity contribution in [2.45, 2.75) is 32.4 Å². The summed E-state index contributed by atoms with van der Waals surface area (Å²) in [6, 6.07) is 7.82. The first kappa shape index (κ1) is 13.8. The molecule has 5 heteroatoms. The Hall–Kier alpha value is -2.14. The molecule has 1 aromatic carbocycles. The minimum atomic E-state index is -0.169. The normalized spacial score (nSPS) is 18.0. The summed E-state index contributed by atoms with van der Waals surface area (Å²) in [5, 5.41) is 10.7. The Morgan fingerprint density at radius 1 is 1.43 bits per heavy atom. The zero-order valence-corrected chi connectivity index (χ0v) is 12.4. The summed E-state index contributed by atoms with van der Waals surface area (Å²) in [4.78, 5) is 12.3. The van der Waals surface area contributed by atoms with Crippen molar-refractivity contribution < 1.29 is 4.79 Å². The molecule has 1 atom stereocenters. The Labute approximate surface area is 124 Å². The molecule has 110 valence electrons. The largest absolute Gasteiger partial charge is 0.324 e. The number of anilines is 1. The number of hydrogen-bond acceptors (Lipinski definition) is 3. The molecule has 1 amide bonds. The molecule has 0 saturated heterocycles. The predicted molar refractivity (Wildman–Crippen MR) is 82.0 cm³/mol. The van der Waals surface area contributed by atoms with Gasteiger partial charge in [-0.2, -0.15) is 5.10 Å². The first-order chi connectivity index (χ1) is 10.1. The van der Waals surface area contributed by atoms with Gasteiger partial charge in [0.15, 0.2) is 0 Å². The van der Waals surface area contributed by atoms with Crippen molar-refractivity contribution in [3.63, 3.8) is 0 Å². The Kier molecular flexibility index (Phi) is 3.75. The van der Waals surface area contributed by atoms with Crippen molar-refractivity contribution in [1.82, 2.24) is 15.1 Å². The van der Waals surface area contributed by atoms with Crippen molar-refractivity contribution in [1.29, 1.82) is 0 Å². The van der Waals surface area contributed by atoms with E-state index in [2.05, 4.69) is 21.8 Å². The maximum Gasteiger partial charge on any atom is 0.241 e. The quantitative estimate of drug-likeness (QED) is 0.903. The maximum absolute atomic E-state index is 12.3. The Morgan fingerprint density at radius 3 is 3.00 bits per heavy atom. The maximum atomic E-state index is 12.3. The van der Waals surface area contributed by atoms with E-state index in [1.165, 1.54) is 5.56 Å². The molecule has 1 aliphatic heterocycles. The average molecular weight is 284 g/mol. The van der Waals surface area contributed by atoms with Crippen LogP contribution in [0.5, 0.6) is 0 Å². The molecule has 0 bridgehead atoms. The summed E-state index contributed by atoms with van der Waals surface area (Å²) in [5.74, 6) is 0.0430. The molecule has 2 N–H and O–H groups in total. The van der Waals surface area contributed by atoms with Gasteiger partial charge in [0.2, 0.25) is 5.91 Å². The van der Waals surface area contributed by atoms with Gasteiger partial charge in [-0.15, -0.1) is 0 Å². The summed E-state index contributed by atoms with van der Waals surface area (Å²) < 4.78 is 1.80. The van der Waals surface area contributed by atoms with Crippen LogP contribution in [-0.4, -0.2) is 21.7 Å². The summed E-state index contributed by atoms with van der Waals surface area (Å²) >= 11 is 0. The topological polar surface area (TPSA) is 59.0 Å². The van der Waals surface area contributed by atoms with Crippen LogP contribution >= 0.6 is 0 Å². The second kappa shape index (κ2) is 5.69. The second-order valence-electron chi connectivity index (χ2n) is 5.53. The van der Waals surface area contributed by atoms with Gasteiger partial charge in [0.1, 0.15) is 0 Å². The number of carbonyl (C=O) groups excluding carboxylic acids is 1. The average Bonchev–Trinajstić information content (AvgIpc) is 2.69. The van der Waals surface area contributed by atoms with E-state index in [0.29, 0.717) is 6.54 Å². The van der Waals surface area contributed by atoms with Crippen LogP contribution in [0.2, 0.25) is 0 Å². The number of aromatic nitrogens is 2. The fourth-order valence-corrected chi connectivity index (χ4v) is 2.76. The molecular formula is C16H20N4O. The molecule has 0 radical (unpaired) electrons. The lowest BCUT2D eigenvalue weighted by molar-refractivity contribution is -0.118. The number of nitrogens with zero attached hydrogens (tertiary/aromatic N) is 2. The Bertz CT molecular complexity index is 662. The highest BCUT2D eigenvalue weighted by molar-refractivity contribution is 5.96. The van der Waals surface area contributed by atoms with Crippen molar-refractivity contribution in [3.05, 3.63) is 47.3 Å². The minimum Gasteiger partial charge on any atom is -0.324 e. The highest BCUT2D eigenvalue weighted by Crippen LogP contribution is 2.21. The number of nitrogens with one attached hydrogen (secondary N) is 2. The highest BCUT2D eigenvalue weighted by atomic mass is 16.2. The third kappa shape index (κ3) is 2.97. The van der Waals surface area contributed by atoms with Crippen molar-refractivity contribution in [2.75, 3.05) is 5.32 Å². The van der Waals surface area contributed by atoms with E-state index in [1.54, 1.807) is 4.68 Å². The molecule has 5 nitrogen and oxygen atoms in total. The fraction of sp³-hybridized carbons (Fsp3) is 0.375. The smallest absolute Gasteiger partial charge is 0.241 e. The number of amides is 1. The van der Waals surface area contributed by atoms with E-state index in [9.17, 15) is 4.79 Å². The number of hydrogen-bond donors (Lipinski definition) is 2. The van der Waals surface area contributed by atoms with Crippen molar-refractivity contribution in [2.24, 2.45) is 7.05 Å². The summed E-state index contributed by atoms with van der Waals surface area (Å²) in [5.41, 5.74) is 4.27. The van der Waals surface area contributed by atoms with E-state index < -0.39 is 0 Å². The zero-order chi connectivity index (χ0) is 14.8. The number of fused-ring (bicyclic) bond motifs is 1. The number of para-hydroxylation sites is 1. The first-order valence-electron chi connectivity index (χ1n) is 7.25. The van der Waals surface area contributed by atoms with Gasteiger partial charge < -0.3 is 10.6 Å². The van der Waals surface area contributed by atoms with Crippen LogP contribution in [0.15, 0.2) is 30.5 Å². The molecule has 0 aliphatic carbocycles. The molecule has 0 saturated carbocycles. The van der Waals surface area contributed by atoms with Crippen LogP contribution in [0.25, 0.3) is 0 Å². The number of aryl methyl sites for hydroxylation is 3. The first-order valence-corrected chi connectivity index (χ1v) is 7.25. The molecule has 2 aromatic rings.